The van der Waals surface area contributed by atoms with Gasteiger partial charge in [-0.1, -0.05) is 35.2 Å². The Morgan fingerprint density at radius 3 is 2.58 bits per heavy atom. The fourth-order valence-electron chi connectivity index (χ4n) is 2.39. The highest BCUT2D eigenvalue weighted by molar-refractivity contribution is 8.19. The molecular formula is C15H13N5OS3. The number of carbonyl (C=O) groups excluding carboxylic acids is 1. The highest BCUT2D eigenvalue weighted by Gasteiger charge is 2.37. The molecule has 0 aliphatic carbocycles. The number of amides is 1. The molecule has 0 radical (unpaired) electrons. The summed E-state index contributed by atoms with van der Waals surface area (Å²) in [5.41, 5.74) is 1.12. The third kappa shape index (κ3) is 2.52. The number of para-hydroxylation sites is 1. The molecule has 24 heavy (non-hydrogen) atoms. The first-order valence-electron chi connectivity index (χ1n) is 7.14. The average Bonchev–Trinajstić information content (AvgIpc) is 3.21. The van der Waals surface area contributed by atoms with E-state index in [0.717, 1.165) is 20.6 Å². The van der Waals surface area contributed by atoms with Gasteiger partial charge in [0.05, 0.1) is 10.7 Å². The summed E-state index contributed by atoms with van der Waals surface area (Å²) in [6, 6.07) is 8.14. The van der Waals surface area contributed by atoms with E-state index in [1.165, 1.54) is 23.1 Å². The van der Waals surface area contributed by atoms with Crippen molar-refractivity contribution in [3.05, 3.63) is 39.2 Å². The molecule has 6 nitrogen and oxygen atoms in total. The number of benzene rings is 1. The van der Waals surface area contributed by atoms with Crippen LogP contribution in [0, 0.1) is 6.92 Å². The van der Waals surface area contributed by atoms with E-state index in [-0.39, 0.29) is 5.91 Å². The fraction of sp³-hybridized carbons (Fsp3) is 0.200. The molecule has 2 aromatic rings. The van der Waals surface area contributed by atoms with Crippen LogP contribution in [0.15, 0.2) is 44.1 Å². The molecule has 1 fully saturated rings. The quantitative estimate of drug-likeness (QED) is 0.712. The SMILES string of the molecule is Cc1nnc(/N=C2/S/C(=C3\Sc4ccccc4N3C)C(=O)N2C)s1. The Morgan fingerprint density at radius 1 is 1.08 bits per heavy atom. The predicted octanol–water partition coefficient (Wildman–Crippen LogP) is 3.45. The lowest BCUT2D eigenvalue weighted by atomic mass is 10.3. The van der Waals surface area contributed by atoms with E-state index in [4.69, 9.17) is 0 Å². The normalized spacial score (nSPS) is 22.0. The molecule has 2 aliphatic heterocycles. The Kier molecular flexibility index (Phi) is 3.86. The summed E-state index contributed by atoms with van der Waals surface area (Å²) < 4.78 is 0. The standard InChI is InChI=1S/C15H13N5OS3/c1-8-17-18-14(22-8)16-15-20(3)12(21)11(24-15)13-19(2)9-6-4-5-7-10(9)23-13/h4-7H,1-3H3/b13-11-,16-15+. The highest BCUT2D eigenvalue weighted by atomic mass is 32.2. The Bertz CT molecular complexity index is 904. The Morgan fingerprint density at radius 2 is 1.88 bits per heavy atom. The first kappa shape index (κ1) is 15.7. The van der Waals surface area contributed by atoms with Gasteiger partial charge < -0.3 is 4.90 Å². The lowest BCUT2D eigenvalue weighted by Gasteiger charge is -2.14. The molecule has 0 spiro atoms. The second-order valence-corrected chi connectivity index (χ2v) is 8.40. The molecule has 9 heteroatoms. The van der Waals surface area contributed by atoms with E-state index in [9.17, 15) is 4.79 Å². The second kappa shape index (κ2) is 5.91. The number of amidine groups is 1. The van der Waals surface area contributed by atoms with Gasteiger partial charge in [-0.15, -0.1) is 10.2 Å². The van der Waals surface area contributed by atoms with Crippen LogP contribution in [0.1, 0.15) is 5.01 Å². The Labute approximate surface area is 151 Å². The van der Waals surface area contributed by atoms with Gasteiger partial charge in [-0.05, 0) is 30.8 Å². The summed E-state index contributed by atoms with van der Waals surface area (Å²) in [6.07, 6.45) is 0. The molecule has 0 N–H and O–H groups in total. The highest BCUT2D eigenvalue weighted by Crippen LogP contribution is 2.49. The molecular weight excluding hydrogens is 362 g/mol. The largest absolute Gasteiger partial charge is 0.337 e. The van der Waals surface area contributed by atoms with E-state index >= 15 is 0 Å². The van der Waals surface area contributed by atoms with Crippen molar-refractivity contribution in [2.75, 3.05) is 19.0 Å². The molecule has 122 valence electrons. The molecule has 3 heterocycles. The van der Waals surface area contributed by atoms with Gasteiger partial charge in [0, 0.05) is 19.0 Å². The van der Waals surface area contributed by atoms with Crippen LogP contribution in [-0.2, 0) is 4.79 Å². The smallest absolute Gasteiger partial charge is 0.269 e. The lowest BCUT2D eigenvalue weighted by molar-refractivity contribution is -0.121. The molecule has 0 unspecified atom stereocenters. The number of nitrogens with zero attached hydrogens (tertiary/aromatic N) is 5. The summed E-state index contributed by atoms with van der Waals surface area (Å²) in [6.45, 7) is 1.88. The maximum Gasteiger partial charge on any atom is 0.269 e. The van der Waals surface area contributed by atoms with Gasteiger partial charge in [-0.3, -0.25) is 9.69 Å². The number of thioether (sulfide) groups is 2. The van der Waals surface area contributed by atoms with Crippen LogP contribution in [-0.4, -0.2) is 40.3 Å². The number of aromatic nitrogens is 2. The van der Waals surface area contributed by atoms with Crippen molar-refractivity contribution >= 4 is 56.8 Å². The summed E-state index contributed by atoms with van der Waals surface area (Å²) in [5, 5.41) is 11.0. The van der Waals surface area contributed by atoms with Crippen molar-refractivity contribution < 1.29 is 4.79 Å². The van der Waals surface area contributed by atoms with Crippen LogP contribution in [0.2, 0.25) is 0 Å². The summed E-state index contributed by atoms with van der Waals surface area (Å²) in [5.74, 6) is -0.0397. The first-order chi connectivity index (χ1) is 11.5. The van der Waals surface area contributed by atoms with Crippen molar-refractivity contribution in [2.45, 2.75) is 11.8 Å². The third-order valence-electron chi connectivity index (χ3n) is 3.62. The predicted molar refractivity (Wildman–Crippen MR) is 99.8 cm³/mol. The number of aliphatic imine (C=N–C) groups is 1. The van der Waals surface area contributed by atoms with Gasteiger partial charge >= 0.3 is 0 Å². The summed E-state index contributed by atoms with van der Waals surface area (Å²) in [4.78, 5) is 22.6. The van der Waals surface area contributed by atoms with E-state index in [2.05, 4.69) is 32.2 Å². The minimum atomic E-state index is -0.0397. The number of anilines is 1. The Balaban J connectivity index is 1.71. The molecule has 1 amide bonds. The zero-order chi connectivity index (χ0) is 16.8. The maximum absolute atomic E-state index is 12.7. The summed E-state index contributed by atoms with van der Waals surface area (Å²) >= 11 is 4.41. The van der Waals surface area contributed by atoms with Gasteiger partial charge in [-0.2, -0.15) is 4.99 Å². The van der Waals surface area contributed by atoms with Crippen molar-refractivity contribution in [1.29, 1.82) is 0 Å². The molecule has 0 atom stereocenters. The molecule has 1 saturated heterocycles. The van der Waals surface area contributed by atoms with Gasteiger partial charge in [0.1, 0.15) is 9.91 Å². The molecule has 1 aromatic carbocycles. The number of hydrogen-bond donors (Lipinski definition) is 0. The van der Waals surface area contributed by atoms with Crippen molar-refractivity contribution in [2.24, 2.45) is 4.99 Å². The zero-order valence-electron chi connectivity index (χ0n) is 13.2. The van der Waals surface area contributed by atoms with E-state index in [0.29, 0.717) is 15.2 Å². The molecule has 4 rings (SSSR count). The minimum absolute atomic E-state index is 0.0397. The Hall–Kier alpha value is -1.84. The first-order valence-corrected chi connectivity index (χ1v) is 9.59. The topological polar surface area (TPSA) is 61.7 Å². The van der Waals surface area contributed by atoms with Gasteiger partial charge in [0.15, 0.2) is 5.17 Å². The molecule has 0 bridgehead atoms. The number of fused-ring (bicyclic) bond motifs is 1. The monoisotopic (exact) mass is 375 g/mol. The van der Waals surface area contributed by atoms with Gasteiger partial charge in [-0.25, -0.2) is 0 Å². The van der Waals surface area contributed by atoms with Gasteiger partial charge in [0.25, 0.3) is 5.91 Å². The number of hydrogen-bond acceptors (Lipinski definition) is 8. The fourth-order valence-corrected chi connectivity index (χ4v) is 5.32. The summed E-state index contributed by atoms with van der Waals surface area (Å²) in [7, 11) is 3.72. The number of likely N-dealkylation sites (N-methyl/N-ethyl adjacent to an activating group) is 1. The molecule has 1 aromatic heterocycles. The number of rotatable bonds is 1. The van der Waals surface area contributed by atoms with Crippen LogP contribution >= 0.6 is 34.9 Å². The maximum atomic E-state index is 12.7. The van der Waals surface area contributed by atoms with Crippen molar-refractivity contribution in [3.8, 4) is 0 Å². The van der Waals surface area contributed by atoms with E-state index < -0.39 is 0 Å². The number of carbonyl (C=O) groups is 1. The minimum Gasteiger partial charge on any atom is -0.337 e. The van der Waals surface area contributed by atoms with Crippen LogP contribution in [0.25, 0.3) is 0 Å². The molecule has 0 saturated carbocycles. The lowest BCUT2D eigenvalue weighted by Crippen LogP contribution is -2.24. The van der Waals surface area contributed by atoms with Gasteiger partial charge in [0.2, 0.25) is 5.13 Å². The van der Waals surface area contributed by atoms with Crippen LogP contribution in [0.5, 0.6) is 0 Å². The zero-order valence-corrected chi connectivity index (χ0v) is 15.6. The average molecular weight is 376 g/mol. The van der Waals surface area contributed by atoms with E-state index in [1.807, 2.05) is 26.1 Å². The second-order valence-electron chi connectivity index (χ2n) is 5.23. The molecule has 2 aliphatic rings. The van der Waals surface area contributed by atoms with Crippen LogP contribution in [0.3, 0.4) is 0 Å². The van der Waals surface area contributed by atoms with E-state index in [1.54, 1.807) is 23.7 Å². The van der Waals surface area contributed by atoms with Crippen LogP contribution in [0.4, 0.5) is 10.8 Å². The van der Waals surface area contributed by atoms with Crippen molar-refractivity contribution in [1.82, 2.24) is 15.1 Å². The number of aryl methyl sites for hydroxylation is 1. The van der Waals surface area contributed by atoms with Crippen LogP contribution < -0.4 is 4.90 Å². The van der Waals surface area contributed by atoms with Crippen molar-refractivity contribution in [3.63, 3.8) is 0 Å². The third-order valence-corrected chi connectivity index (χ3v) is 6.84.